The summed E-state index contributed by atoms with van der Waals surface area (Å²) in [7, 11) is 0. The van der Waals surface area contributed by atoms with Crippen LogP contribution in [0.3, 0.4) is 0 Å². The maximum Gasteiger partial charge on any atom is 0.339 e. The van der Waals surface area contributed by atoms with E-state index in [0.29, 0.717) is 30.5 Å². The van der Waals surface area contributed by atoms with E-state index in [0.717, 1.165) is 22.6 Å². The summed E-state index contributed by atoms with van der Waals surface area (Å²) in [5.41, 5.74) is 3.57. The van der Waals surface area contributed by atoms with Crippen LogP contribution >= 0.6 is 0 Å². The number of cyclic esters (lactones) is 1. The van der Waals surface area contributed by atoms with E-state index in [4.69, 9.17) is 4.74 Å². The van der Waals surface area contributed by atoms with Gasteiger partial charge in [-0.2, -0.15) is 0 Å². The number of carbonyl (C=O) groups is 2. The Kier molecular flexibility index (Phi) is 4.92. The predicted octanol–water partition coefficient (Wildman–Crippen LogP) is 3.16. The summed E-state index contributed by atoms with van der Waals surface area (Å²) in [5, 5.41) is 11.2. The molecule has 7 nitrogen and oxygen atoms in total. The van der Waals surface area contributed by atoms with Crippen LogP contribution in [-0.2, 0) is 17.6 Å². The molecule has 0 saturated heterocycles. The number of hydrogen-bond acceptors (Lipinski definition) is 5. The molecule has 5 rings (SSSR count). The second-order valence-electron chi connectivity index (χ2n) is 7.43. The smallest absolute Gasteiger partial charge is 0.339 e. The fourth-order valence-electron chi connectivity index (χ4n) is 3.84. The van der Waals surface area contributed by atoms with Gasteiger partial charge < -0.3 is 10.1 Å². The van der Waals surface area contributed by atoms with Crippen molar-refractivity contribution in [2.24, 2.45) is 0 Å². The summed E-state index contributed by atoms with van der Waals surface area (Å²) in [6.45, 7) is 0.431. The van der Waals surface area contributed by atoms with E-state index < -0.39 is 0 Å². The molecule has 3 heterocycles. The quantitative estimate of drug-likeness (QED) is 0.509. The molecule has 0 radical (unpaired) electrons. The van der Waals surface area contributed by atoms with Gasteiger partial charge in [0.1, 0.15) is 11.9 Å². The van der Waals surface area contributed by atoms with Gasteiger partial charge in [0, 0.05) is 31.1 Å². The highest BCUT2D eigenvalue weighted by Crippen LogP contribution is 2.31. The van der Waals surface area contributed by atoms with Crippen molar-refractivity contribution in [3.05, 3.63) is 101 Å². The number of pyridine rings is 1. The number of carbonyl (C=O) groups excluding carboxylic acids is 2. The predicted molar refractivity (Wildman–Crippen MR) is 114 cm³/mol. The summed E-state index contributed by atoms with van der Waals surface area (Å²) in [6, 6.07) is 20.5. The molecule has 2 aromatic heterocycles. The summed E-state index contributed by atoms with van der Waals surface area (Å²) in [6.07, 6.45) is 2.65. The first-order valence-corrected chi connectivity index (χ1v) is 10.1. The lowest BCUT2D eigenvalue weighted by Gasteiger charge is -2.25. The van der Waals surface area contributed by atoms with Crippen molar-refractivity contribution >= 4 is 17.5 Å². The zero-order valence-corrected chi connectivity index (χ0v) is 16.7. The Morgan fingerprint density at radius 2 is 1.90 bits per heavy atom. The van der Waals surface area contributed by atoms with Crippen LogP contribution in [0.2, 0.25) is 0 Å². The standard InChI is InChI=1S/C24H20N4O3/c29-23(25-12-11-22-27-26-21-8-4-5-13-28(21)22)17-9-10-19-18(14-17)15-20(31-24(19)30)16-6-2-1-3-7-16/h1-10,13-14,20H,11-12,15H2,(H,25,29). The number of hydrogen-bond donors (Lipinski definition) is 1. The van der Waals surface area contributed by atoms with Crippen molar-refractivity contribution in [1.29, 1.82) is 0 Å². The van der Waals surface area contributed by atoms with Gasteiger partial charge in [0.2, 0.25) is 0 Å². The second kappa shape index (κ2) is 8.02. The molecule has 1 aliphatic heterocycles. The number of rotatable bonds is 5. The molecule has 1 atom stereocenters. The van der Waals surface area contributed by atoms with E-state index in [9.17, 15) is 9.59 Å². The lowest BCUT2D eigenvalue weighted by molar-refractivity contribution is 0.0252. The second-order valence-corrected chi connectivity index (χ2v) is 7.43. The topological polar surface area (TPSA) is 85.6 Å². The van der Waals surface area contributed by atoms with Crippen molar-refractivity contribution in [1.82, 2.24) is 19.9 Å². The highest BCUT2D eigenvalue weighted by molar-refractivity contribution is 5.97. The SMILES string of the molecule is O=C(NCCc1nnc2ccccn12)c1ccc2c(c1)CC(c1ccccc1)OC2=O. The van der Waals surface area contributed by atoms with Crippen molar-refractivity contribution in [2.75, 3.05) is 6.54 Å². The third-order valence-corrected chi connectivity index (χ3v) is 5.43. The molecular weight excluding hydrogens is 392 g/mol. The van der Waals surface area contributed by atoms with Gasteiger partial charge >= 0.3 is 5.97 Å². The Hall–Kier alpha value is -4.00. The number of fused-ring (bicyclic) bond motifs is 2. The molecular formula is C24H20N4O3. The largest absolute Gasteiger partial charge is 0.454 e. The van der Waals surface area contributed by atoms with E-state index in [2.05, 4.69) is 15.5 Å². The Balaban J connectivity index is 1.28. The van der Waals surface area contributed by atoms with Crippen LogP contribution in [0.4, 0.5) is 0 Å². The number of amides is 1. The minimum Gasteiger partial charge on any atom is -0.454 e. The number of benzene rings is 2. The van der Waals surface area contributed by atoms with Gasteiger partial charge in [0.15, 0.2) is 5.65 Å². The van der Waals surface area contributed by atoms with Crippen LogP contribution in [-0.4, -0.2) is 33.0 Å². The molecule has 31 heavy (non-hydrogen) atoms. The molecule has 1 unspecified atom stereocenters. The van der Waals surface area contributed by atoms with Crippen LogP contribution in [0, 0.1) is 0 Å². The number of aromatic nitrogens is 3. The first-order valence-electron chi connectivity index (χ1n) is 10.1. The molecule has 0 saturated carbocycles. The first kappa shape index (κ1) is 19.0. The monoisotopic (exact) mass is 412 g/mol. The van der Waals surface area contributed by atoms with Gasteiger partial charge in [0.25, 0.3) is 5.91 Å². The third-order valence-electron chi connectivity index (χ3n) is 5.43. The van der Waals surface area contributed by atoms with Gasteiger partial charge in [-0.05, 0) is 41.5 Å². The lowest BCUT2D eigenvalue weighted by Crippen LogP contribution is -2.27. The zero-order chi connectivity index (χ0) is 21.2. The minimum absolute atomic E-state index is 0.188. The molecule has 4 aromatic rings. The van der Waals surface area contributed by atoms with E-state index in [1.165, 1.54) is 0 Å². The minimum atomic E-state index is -0.360. The van der Waals surface area contributed by atoms with Gasteiger partial charge in [-0.3, -0.25) is 9.20 Å². The van der Waals surface area contributed by atoms with Crippen LogP contribution < -0.4 is 5.32 Å². The summed E-state index contributed by atoms with van der Waals surface area (Å²) in [5.74, 6) is 0.238. The van der Waals surface area contributed by atoms with E-state index in [1.54, 1.807) is 18.2 Å². The lowest BCUT2D eigenvalue weighted by atomic mass is 9.93. The summed E-state index contributed by atoms with van der Waals surface area (Å²) < 4.78 is 7.49. The Bertz CT molecular complexity index is 1270. The highest BCUT2D eigenvalue weighted by Gasteiger charge is 2.28. The summed E-state index contributed by atoms with van der Waals surface area (Å²) >= 11 is 0. The summed E-state index contributed by atoms with van der Waals surface area (Å²) in [4.78, 5) is 25.1. The van der Waals surface area contributed by atoms with E-state index in [1.807, 2.05) is 59.1 Å². The maximum absolute atomic E-state index is 12.7. The Morgan fingerprint density at radius 1 is 1.06 bits per heavy atom. The Morgan fingerprint density at radius 3 is 2.77 bits per heavy atom. The zero-order valence-electron chi connectivity index (χ0n) is 16.7. The first-order chi connectivity index (χ1) is 15.2. The molecule has 154 valence electrons. The van der Waals surface area contributed by atoms with Gasteiger partial charge in [-0.15, -0.1) is 10.2 Å². The van der Waals surface area contributed by atoms with Gasteiger partial charge in [-0.25, -0.2) is 4.79 Å². The fraction of sp³-hybridized carbons (Fsp3) is 0.167. The number of nitrogens with one attached hydrogen (secondary N) is 1. The van der Waals surface area contributed by atoms with Crippen LogP contribution in [0.25, 0.3) is 5.65 Å². The van der Waals surface area contributed by atoms with E-state index in [-0.39, 0.29) is 18.0 Å². The van der Waals surface area contributed by atoms with Crippen LogP contribution in [0.1, 0.15) is 43.8 Å². The molecule has 7 heteroatoms. The van der Waals surface area contributed by atoms with E-state index >= 15 is 0 Å². The van der Waals surface area contributed by atoms with Crippen LogP contribution in [0.5, 0.6) is 0 Å². The molecule has 0 aliphatic carbocycles. The number of ether oxygens (including phenoxy) is 1. The van der Waals surface area contributed by atoms with Gasteiger partial charge in [-0.1, -0.05) is 36.4 Å². The number of nitrogens with zero attached hydrogens (tertiary/aromatic N) is 3. The molecule has 1 aliphatic rings. The average molecular weight is 412 g/mol. The highest BCUT2D eigenvalue weighted by atomic mass is 16.5. The normalized spacial score (nSPS) is 15.4. The fourth-order valence-corrected chi connectivity index (χ4v) is 3.84. The third kappa shape index (κ3) is 3.77. The maximum atomic E-state index is 12.7. The molecule has 2 aromatic carbocycles. The molecule has 0 bridgehead atoms. The van der Waals surface area contributed by atoms with Crippen molar-refractivity contribution < 1.29 is 14.3 Å². The van der Waals surface area contributed by atoms with Crippen LogP contribution in [0.15, 0.2) is 72.9 Å². The molecule has 0 fully saturated rings. The average Bonchev–Trinajstić information content (AvgIpc) is 3.22. The molecule has 1 amide bonds. The molecule has 0 spiro atoms. The number of esters is 1. The van der Waals surface area contributed by atoms with Crippen molar-refractivity contribution in [2.45, 2.75) is 18.9 Å². The van der Waals surface area contributed by atoms with Crippen molar-refractivity contribution in [3.63, 3.8) is 0 Å². The Labute approximate surface area is 178 Å². The molecule has 1 N–H and O–H groups in total. The van der Waals surface area contributed by atoms with Gasteiger partial charge in [0.05, 0.1) is 5.56 Å². The van der Waals surface area contributed by atoms with Crippen molar-refractivity contribution in [3.8, 4) is 0 Å².